The SMILES string of the molecule is CN(C)CCN(C)c1cccc(NN)c1[N+](=O)[O-]. The topological polar surface area (TPSA) is 87.7 Å². The van der Waals surface area contributed by atoms with E-state index in [2.05, 4.69) is 5.43 Å². The molecule has 0 amide bonds. The van der Waals surface area contributed by atoms with Crippen LogP contribution >= 0.6 is 0 Å². The summed E-state index contributed by atoms with van der Waals surface area (Å²) in [5.74, 6) is 5.30. The largest absolute Gasteiger partial charge is 0.368 e. The van der Waals surface area contributed by atoms with Crippen molar-refractivity contribution >= 4 is 17.1 Å². The highest BCUT2D eigenvalue weighted by molar-refractivity contribution is 5.76. The maximum absolute atomic E-state index is 11.1. The van der Waals surface area contributed by atoms with Crippen molar-refractivity contribution in [2.24, 2.45) is 5.84 Å². The van der Waals surface area contributed by atoms with Gasteiger partial charge in [-0.25, -0.2) is 0 Å². The molecule has 1 aromatic carbocycles. The number of rotatable bonds is 6. The lowest BCUT2D eigenvalue weighted by Crippen LogP contribution is -2.29. The Morgan fingerprint density at radius 3 is 2.50 bits per heavy atom. The van der Waals surface area contributed by atoms with E-state index in [9.17, 15) is 10.1 Å². The number of nitrogen functional groups attached to an aromatic ring is 1. The minimum absolute atomic E-state index is 0.00116. The Bertz CT molecular complexity index is 422. The molecule has 0 saturated heterocycles. The minimum atomic E-state index is -0.420. The standard InChI is InChI=1S/C11H19N5O2/c1-14(2)7-8-15(3)10-6-4-5-9(13-12)11(10)16(17)18/h4-6,13H,7-8,12H2,1-3H3. The van der Waals surface area contributed by atoms with Crippen molar-refractivity contribution in [3.05, 3.63) is 28.3 Å². The van der Waals surface area contributed by atoms with Crippen LogP contribution in [-0.2, 0) is 0 Å². The zero-order chi connectivity index (χ0) is 13.7. The van der Waals surface area contributed by atoms with Crippen LogP contribution in [0.25, 0.3) is 0 Å². The summed E-state index contributed by atoms with van der Waals surface area (Å²) in [6, 6.07) is 5.04. The minimum Gasteiger partial charge on any atom is -0.368 e. The van der Waals surface area contributed by atoms with Crippen molar-refractivity contribution in [2.45, 2.75) is 0 Å². The number of para-hydroxylation sites is 1. The van der Waals surface area contributed by atoms with Crippen LogP contribution in [0.3, 0.4) is 0 Å². The number of anilines is 2. The molecule has 7 heteroatoms. The summed E-state index contributed by atoms with van der Waals surface area (Å²) >= 11 is 0. The van der Waals surface area contributed by atoms with E-state index >= 15 is 0 Å². The van der Waals surface area contributed by atoms with E-state index in [0.717, 1.165) is 6.54 Å². The van der Waals surface area contributed by atoms with Crippen LogP contribution in [-0.4, -0.2) is 44.1 Å². The predicted octanol–water partition coefficient (Wildman–Crippen LogP) is 0.878. The van der Waals surface area contributed by atoms with Gasteiger partial charge in [0.1, 0.15) is 11.4 Å². The van der Waals surface area contributed by atoms with E-state index in [1.54, 1.807) is 18.2 Å². The highest BCUT2D eigenvalue weighted by atomic mass is 16.6. The Labute approximate surface area is 106 Å². The first-order chi connectivity index (χ1) is 8.47. The van der Waals surface area contributed by atoms with Gasteiger partial charge < -0.3 is 15.2 Å². The Balaban J connectivity index is 3.03. The van der Waals surface area contributed by atoms with Gasteiger partial charge in [0, 0.05) is 20.1 Å². The quantitative estimate of drug-likeness (QED) is 0.444. The fourth-order valence-electron chi connectivity index (χ4n) is 1.62. The number of likely N-dealkylation sites (N-methyl/N-ethyl adjacent to an activating group) is 2. The third-order valence-electron chi connectivity index (χ3n) is 2.65. The number of nitrogens with two attached hydrogens (primary N) is 1. The molecule has 7 nitrogen and oxygen atoms in total. The van der Waals surface area contributed by atoms with Gasteiger partial charge in [-0.3, -0.25) is 16.0 Å². The zero-order valence-electron chi connectivity index (χ0n) is 10.9. The van der Waals surface area contributed by atoms with Gasteiger partial charge in [-0.2, -0.15) is 0 Å². The molecule has 18 heavy (non-hydrogen) atoms. The molecule has 0 aliphatic heterocycles. The van der Waals surface area contributed by atoms with Crippen molar-refractivity contribution in [1.82, 2.24) is 4.90 Å². The van der Waals surface area contributed by atoms with E-state index < -0.39 is 4.92 Å². The number of nitrogens with one attached hydrogen (secondary N) is 1. The van der Waals surface area contributed by atoms with Crippen LogP contribution in [0.1, 0.15) is 0 Å². The van der Waals surface area contributed by atoms with Crippen LogP contribution < -0.4 is 16.2 Å². The average Bonchev–Trinajstić information content (AvgIpc) is 2.34. The Kier molecular flexibility index (Phi) is 4.87. The summed E-state index contributed by atoms with van der Waals surface area (Å²) < 4.78 is 0. The number of nitro benzene ring substituents is 1. The highest BCUT2D eigenvalue weighted by Gasteiger charge is 2.21. The van der Waals surface area contributed by atoms with Gasteiger partial charge >= 0.3 is 5.69 Å². The third-order valence-corrected chi connectivity index (χ3v) is 2.65. The molecule has 0 saturated carbocycles. The lowest BCUT2D eigenvalue weighted by atomic mass is 10.2. The lowest BCUT2D eigenvalue weighted by molar-refractivity contribution is -0.383. The first kappa shape index (κ1) is 14.2. The highest BCUT2D eigenvalue weighted by Crippen LogP contribution is 2.34. The molecule has 0 aliphatic carbocycles. The van der Waals surface area contributed by atoms with Gasteiger partial charge in [-0.15, -0.1) is 0 Å². The van der Waals surface area contributed by atoms with Gasteiger partial charge in [-0.1, -0.05) is 6.07 Å². The molecule has 0 unspecified atom stereocenters. The number of benzene rings is 1. The van der Waals surface area contributed by atoms with Crippen molar-refractivity contribution in [3.8, 4) is 0 Å². The second-order valence-corrected chi connectivity index (χ2v) is 4.30. The first-order valence-corrected chi connectivity index (χ1v) is 5.57. The number of hydrazine groups is 1. The first-order valence-electron chi connectivity index (χ1n) is 5.57. The summed E-state index contributed by atoms with van der Waals surface area (Å²) in [7, 11) is 5.74. The molecule has 0 atom stereocenters. The van der Waals surface area contributed by atoms with Gasteiger partial charge in [-0.05, 0) is 26.2 Å². The molecular formula is C11H19N5O2. The normalized spacial score (nSPS) is 10.5. The van der Waals surface area contributed by atoms with E-state index in [4.69, 9.17) is 5.84 Å². The van der Waals surface area contributed by atoms with E-state index in [1.165, 1.54) is 0 Å². The summed E-state index contributed by atoms with van der Waals surface area (Å²) in [4.78, 5) is 14.6. The summed E-state index contributed by atoms with van der Waals surface area (Å²) in [6.07, 6.45) is 0. The summed E-state index contributed by atoms with van der Waals surface area (Å²) in [6.45, 7) is 1.51. The third kappa shape index (κ3) is 3.31. The smallest absolute Gasteiger partial charge is 0.316 e. The van der Waals surface area contributed by atoms with E-state index in [1.807, 2.05) is 30.9 Å². The second kappa shape index (κ2) is 6.18. The Morgan fingerprint density at radius 1 is 1.33 bits per heavy atom. The average molecular weight is 253 g/mol. The van der Waals surface area contributed by atoms with Crippen LogP contribution in [0.5, 0.6) is 0 Å². The van der Waals surface area contributed by atoms with Crippen LogP contribution in [0.4, 0.5) is 17.1 Å². The molecule has 0 aliphatic rings. The molecule has 100 valence electrons. The number of hydrogen-bond donors (Lipinski definition) is 2. The summed E-state index contributed by atoms with van der Waals surface area (Å²) in [5, 5.41) is 11.1. The lowest BCUT2D eigenvalue weighted by Gasteiger charge is -2.22. The van der Waals surface area contributed by atoms with Gasteiger partial charge in [0.15, 0.2) is 0 Å². The van der Waals surface area contributed by atoms with Gasteiger partial charge in [0.05, 0.1) is 4.92 Å². The van der Waals surface area contributed by atoms with Crippen molar-refractivity contribution < 1.29 is 4.92 Å². The molecule has 0 spiro atoms. The molecule has 0 bridgehead atoms. The second-order valence-electron chi connectivity index (χ2n) is 4.30. The van der Waals surface area contributed by atoms with E-state index in [-0.39, 0.29) is 5.69 Å². The molecule has 0 heterocycles. The molecule has 0 aromatic heterocycles. The molecular weight excluding hydrogens is 234 g/mol. The summed E-state index contributed by atoms with van der Waals surface area (Å²) in [5.41, 5.74) is 3.23. The maximum atomic E-state index is 11.1. The number of nitrogens with zero attached hydrogens (tertiary/aromatic N) is 3. The predicted molar refractivity (Wildman–Crippen MR) is 72.7 cm³/mol. The van der Waals surface area contributed by atoms with Crippen molar-refractivity contribution in [1.29, 1.82) is 0 Å². The van der Waals surface area contributed by atoms with Crippen LogP contribution in [0.15, 0.2) is 18.2 Å². The zero-order valence-corrected chi connectivity index (χ0v) is 10.9. The molecule has 1 rings (SSSR count). The fraction of sp³-hybridized carbons (Fsp3) is 0.455. The Morgan fingerprint density at radius 2 is 2.00 bits per heavy atom. The molecule has 3 N–H and O–H groups in total. The molecule has 0 radical (unpaired) electrons. The fourth-order valence-corrected chi connectivity index (χ4v) is 1.62. The van der Waals surface area contributed by atoms with Crippen LogP contribution in [0.2, 0.25) is 0 Å². The van der Waals surface area contributed by atoms with Crippen molar-refractivity contribution in [3.63, 3.8) is 0 Å². The van der Waals surface area contributed by atoms with Crippen LogP contribution in [0, 0.1) is 10.1 Å². The number of nitro groups is 1. The van der Waals surface area contributed by atoms with Gasteiger partial charge in [0.2, 0.25) is 0 Å². The maximum Gasteiger partial charge on any atom is 0.316 e. The monoisotopic (exact) mass is 253 g/mol. The van der Waals surface area contributed by atoms with E-state index in [0.29, 0.717) is 17.9 Å². The van der Waals surface area contributed by atoms with Gasteiger partial charge in [0.25, 0.3) is 0 Å². The molecule has 1 aromatic rings. The molecule has 0 fully saturated rings. The number of hydrogen-bond acceptors (Lipinski definition) is 6. The van der Waals surface area contributed by atoms with Crippen molar-refractivity contribution in [2.75, 3.05) is 44.6 Å². The Hall–Kier alpha value is -1.86.